The second-order valence-corrected chi connectivity index (χ2v) is 6.13. The molecular formula is C15H22N4O3S. The second-order valence-electron chi connectivity index (χ2n) is 5.13. The second kappa shape index (κ2) is 9.34. The number of hydrogen-bond acceptors (Lipinski definition) is 7. The molecule has 2 rings (SSSR count). The molecular weight excluding hydrogens is 316 g/mol. The lowest BCUT2D eigenvalue weighted by atomic mass is 10.1. The lowest BCUT2D eigenvalue weighted by Crippen LogP contribution is -2.32. The number of ether oxygens (including phenoxy) is 1. The normalized spacial score (nSPS) is 14.4. The minimum absolute atomic E-state index is 0.101. The van der Waals surface area contributed by atoms with Crippen molar-refractivity contribution in [1.82, 2.24) is 15.3 Å². The van der Waals surface area contributed by atoms with Crippen molar-refractivity contribution in [2.24, 2.45) is 0 Å². The van der Waals surface area contributed by atoms with Gasteiger partial charge in [-0.1, -0.05) is 11.8 Å². The number of rotatable bonds is 7. The highest BCUT2D eigenvalue weighted by Gasteiger charge is 2.13. The van der Waals surface area contributed by atoms with E-state index in [0.29, 0.717) is 6.61 Å². The molecule has 0 aromatic carbocycles. The molecule has 1 N–H and O–H groups in total. The van der Waals surface area contributed by atoms with Gasteiger partial charge in [0.1, 0.15) is 23.7 Å². The molecule has 0 atom stereocenters. The number of carbonyl (C=O) groups is 2. The summed E-state index contributed by atoms with van der Waals surface area (Å²) in [5.41, 5.74) is 0. The van der Waals surface area contributed by atoms with Crippen molar-refractivity contribution in [3.05, 3.63) is 12.4 Å². The van der Waals surface area contributed by atoms with Crippen LogP contribution in [0.25, 0.3) is 0 Å². The van der Waals surface area contributed by atoms with E-state index < -0.39 is 5.97 Å². The largest absolute Gasteiger partial charge is 0.465 e. The molecule has 1 saturated heterocycles. The molecule has 0 aliphatic carbocycles. The molecule has 0 bridgehead atoms. The molecule has 1 aromatic heterocycles. The molecule has 23 heavy (non-hydrogen) atoms. The first-order chi connectivity index (χ1) is 11.2. The van der Waals surface area contributed by atoms with Crippen LogP contribution in [0.3, 0.4) is 0 Å². The first-order valence-electron chi connectivity index (χ1n) is 7.81. The Morgan fingerprint density at radius 2 is 2.09 bits per heavy atom. The Kier molecular flexibility index (Phi) is 7.12. The fourth-order valence-electron chi connectivity index (χ4n) is 2.28. The van der Waals surface area contributed by atoms with Gasteiger partial charge in [0, 0.05) is 19.2 Å². The van der Waals surface area contributed by atoms with E-state index in [9.17, 15) is 9.59 Å². The zero-order valence-electron chi connectivity index (χ0n) is 13.3. The standard InChI is InChI=1S/C15H22N4O3S/c1-2-22-15(21)9-16-13(20)10-23-14-8-12(17-11-18-14)19-6-4-3-5-7-19/h8,11H,2-7,9-10H2,1H3,(H,16,20). The van der Waals surface area contributed by atoms with Crippen LogP contribution in [0, 0.1) is 0 Å². The van der Waals surface area contributed by atoms with Crippen LogP contribution in [0.2, 0.25) is 0 Å². The number of nitrogens with one attached hydrogen (secondary N) is 1. The highest BCUT2D eigenvalue weighted by atomic mass is 32.2. The number of thioether (sulfide) groups is 1. The van der Waals surface area contributed by atoms with Gasteiger partial charge in [-0.25, -0.2) is 9.97 Å². The molecule has 0 spiro atoms. The van der Waals surface area contributed by atoms with Crippen LogP contribution in [-0.4, -0.2) is 53.8 Å². The smallest absolute Gasteiger partial charge is 0.325 e. The van der Waals surface area contributed by atoms with E-state index in [4.69, 9.17) is 4.74 Å². The third-order valence-electron chi connectivity index (χ3n) is 3.39. The number of aromatic nitrogens is 2. The molecule has 1 aliphatic heterocycles. The summed E-state index contributed by atoms with van der Waals surface area (Å²) in [6.45, 7) is 3.96. The number of hydrogen-bond donors (Lipinski definition) is 1. The number of nitrogens with zero attached hydrogens (tertiary/aromatic N) is 3. The molecule has 2 heterocycles. The highest BCUT2D eigenvalue weighted by molar-refractivity contribution is 7.99. The molecule has 0 saturated carbocycles. The van der Waals surface area contributed by atoms with Crippen molar-refractivity contribution in [1.29, 1.82) is 0 Å². The Bertz CT molecular complexity index is 535. The number of anilines is 1. The average Bonchev–Trinajstić information content (AvgIpc) is 2.59. The number of amides is 1. The maximum Gasteiger partial charge on any atom is 0.325 e. The summed E-state index contributed by atoms with van der Waals surface area (Å²) < 4.78 is 4.75. The molecule has 0 radical (unpaired) electrons. The number of carbonyl (C=O) groups excluding carboxylic acids is 2. The summed E-state index contributed by atoms with van der Waals surface area (Å²) in [6.07, 6.45) is 5.16. The summed E-state index contributed by atoms with van der Waals surface area (Å²) >= 11 is 1.33. The Balaban J connectivity index is 1.78. The van der Waals surface area contributed by atoms with Crippen molar-refractivity contribution >= 4 is 29.5 Å². The zero-order valence-corrected chi connectivity index (χ0v) is 14.1. The van der Waals surface area contributed by atoms with Gasteiger partial charge in [0.05, 0.1) is 12.4 Å². The third kappa shape index (κ3) is 6.05. The van der Waals surface area contributed by atoms with Crippen LogP contribution >= 0.6 is 11.8 Å². The van der Waals surface area contributed by atoms with E-state index in [2.05, 4.69) is 20.2 Å². The van der Waals surface area contributed by atoms with E-state index >= 15 is 0 Å². The van der Waals surface area contributed by atoms with Crippen LogP contribution in [0.4, 0.5) is 5.82 Å². The summed E-state index contributed by atoms with van der Waals surface area (Å²) in [7, 11) is 0. The number of esters is 1. The van der Waals surface area contributed by atoms with Gasteiger partial charge >= 0.3 is 5.97 Å². The van der Waals surface area contributed by atoms with Crippen molar-refractivity contribution in [2.75, 3.05) is 36.9 Å². The van der Waals surface area contributed by atoms with E-state index in [0.717, 1.165) is 23.9 Å². The molecule has 1 amide bonds. The maximum atomic E-state index is 11.7. The Hall–Kier alpha value is -1.83. The minimum atomic E-state index is -0.430. The van der Waals surface area contributed by atoms with Gasteiger partial charge in [-0.2, -0.15) is 0 Å². The summed E-state index contributed by atoms with van der Waals surface area (Å²) in [6, 6.07) is 1.91. The quantitative estimate of drug-likeness (QED) is 0.455. The molecule has 7 nitrogen and oxygen atoms in total. The van der Waals surface area contributed by atoms with Gasteiger partial charge in [-0.3, -0.25) is 9.59 Å². The molecule has 8 heteroatoms. The van der Waals surface area contributed by atoms with Crippen molar-refractivity contribution in [2.45, 2.75) is 31.2 Å². The fraction of sp³-hybridized carbons (Fsp3) is 0.600. The maximum absolute atomic E-state index is 11.7. The van der Waals surface area contributed by atoms with Gasteiger partial charge in [0.2, 0.25) is 5.91 Å². The summed E-state index contributed by atoms with van der Waals surface area (Å²) in [4.78, 5) is 33.6. The van der Waals surface area contributed by atoms with Crippen molar-refractivity contribution < 1.29 is 14.3 Å². The zero-order chi connectivity index (χ0) is 16.5. The van der Waals surface area contributed by atoms with Crippen LogP contribution < -0.4 is 10.2 Å². The number of piperidine rings is 1. The van der Waals surface area contributed by atoms with Crippen molar-refractivity contribution in [3.63, 3.8) is 0 Å². The first-order valence-corrected chi connectivity index (χ1v) is 8.79. The van der Waals surface area contributed by atoms with E-state index in [1.54, 1.807) is 6.92 Å². The van der Waals surface area contributed by atoms with Gasteiger partial charge in [-0.15, -0.1) is 0 Å². The van der Waals surface area contributed by atoms with Crippen LogP contribution in [-0.2, 0) is 14.3 Å². The topological polar surface area (TPSA) is 84.4 Å². The molecule has 1 aliphatic rings. The average molecular weight is 338 g/mol. The molecule has 0 unspecified atom stereocenters. The van der Waals surface area contributed by atoms with E-state index in [-0.39, 0.29) is 18.2 Å². The highest BCUT2D eigenvalue weighted by Crippen LogP contribution is 2.22. The van der Waals surface area contributed by atoms with Crippen molar-refractivity contribution in [3.8, 4) is 0 Å². The Morgan fingerprint density at radius 1 is 1.30 bits per heavy atom. The lowest BCUT2D eigenvalue weighted by Gasteiger charge is -2.27. The van der Waals surface area contributed by atoms with Crippen LogP contribution in [0.15, 0.2) is 17.4 Å². The first kappa shape index (κ1) is 17.5. The Morgan fingerprint density at radius 3 is 2.83 bits per heavy atom. The summed E-state index contributed by atoms with van der Waals surface area (Å²) in [5, 5.41) is 3.28. The third-order valence-corrected chi connectivity index (χ3v) is 4.32. The van der Waals surface area contributed by atoms with Crippen LogP contribution in [0.1, 0.15) is 26.2 Å². The Labute approximate surface area is 140 Å². The van der Waals surface area contributed by atoms with Gasteiger partial charge in [-0.05, 0) is 26.2 Å². The van der Waals surface area contributed by atoms with Gasteiger partial charge in [0.15, 0.2) is 0 Å². The fourth-order valence-corrected chi connectivity index (χ4v) is 2.97. The predicted octanol–water partition coefficient (Wildman–Crippen LogP) is 1.24. The monoisotopic (exact) mass is 338 g/mol. The molecule has 1 aromatic rings. The molecule has 126 valence electrons. The van der Waals surface area contributed by atoms with Gasteiger partial charge < -0.3 is 15.0 Å². The van der Waals surface area contributed by atoms with Crippen LogP contribution in [0.5, 0.6) is 0 Å². The van der Waals surface area contributed by atoms with E-state index in [1.807, 2.05) is 6.07 Å². The molecule has 1 fully saturated rings. The SMILES string of the molecule is CCOC(=O)CNC(=O)CSc1cc(N2CCCCC2)ncn1. The summed E-state index contributed by atoms with van der Waals surface area (Å²) in [5.74, 6) is 0.464. The van der Waals surface area contributed by atoms with Gasteiger partial charge in [0.25, 0.3) is 0 Å². The van der Waals surface area contributed by atoms with E-state index in [1.165, 1.54) is 37.4 Å². The predicted molar refractivity (Wildman–Crippen MR) is 88.5 cm³/mol. The lowest BCUT2D eigenvalue weighted by molar-refractivity contribution is -0.143. The minimum Gasteiger partial charge on any atom is -0.465 e.